The minimum atomic E-state index is -3.62. The molecule has 0 saturated heterocycles. The molecule has 2 N–H and O–H groups in total. The maximum Gasteiger partial charge on any atom is 0.278 e. The highest BCUT2D eigenvalue weighted by atomic mass is 35.5. The Kier molecular flexibility index (Phi) is 4.67. The number of benzene rings is 1. The minimum Gasteiger partial charge on any atom is -0.332 e. The van der Waals surface area contributed by atoms with E-state index in [0.717, 1.165) is 12.0 Å². The molecule has 0 radical (unpaired) electrons. The van der Waals surface area contributed by atoms with Crippen molar-refractivity contribution in [3.8, 4) is 0 Å². The van der Waals surface area contributed by atoms with Crippen LogP contribution in [-0.2, 0) is 22.9 Å². The molecule has 20 heavy (non-hydrogen) atoms. The lowest BCUT2D eigenvalue weighted by atomic mass is 10.2. The summed E-state index contributed by atoms with van der Waals surface area (Å²) in [5, 5.41) is 0.0687. The van der Waals surface area contributed by atoms with Gasteiger partial charge in [-0.15, -0.1) is 11.6 Å². The van der Waals surface area contributed by atoms with Crippen molar-refractivity contribution in [2.24, 2.45) is 0 Å². The highest BCUT2D eigenvalue weighted by Crippen LogP contribution is 2.16. The zero-order chi connectivity index (χ0) is 14.6. The third-order valence-electron chi connectivity index (χ3n) is 2.82. The van der Waals surface area contributed by atoms with Crippen LogP contribution in [0.25, 0.3) is 0 Å². The summed E-state index contributed by atoms with van der Waals surface area (Å²) in [6.07, 6.45) is 2.74. The van der Waals surface area contributed by atoms with Crippen molar-refractivity contribution in [2.45, 2.75) is 24.8 Å². The standard InChI is InChI=1S/C13H16ClN3O2S/c1-2-12-15-9-13(16-12)20(18,19)17-11-5-3-10(4-6-11)7-8-14/h3-6,9,17H,2,7-8H2,1H3,(H,15,16). The van der Waals surface area contributed by atoms with Crippen LogP contribution in [0, 0.1) is 0 Å². The highest BCUT2D eigenvalue weighted by molar-refractivity contribution is 7.92. The number of imidazole rings is 1. The van der Waals surface area contributed by atoms with E-state index in [4.69, 9.17) is 11.6 Å². The molecule has 0 unspecified atom stereocenters. The second-order valence-electron chi connectivity index (χ2n) is 4.29. The third kappa shape index (κ3) is 3.52. The number of hydrogen-bond donors (Lipinski definition) is 2. The summed E-state index contributed by atoms with van der Waals surface area (Å²) < 4.78 is 26.8. The Hall–Kier alpha value is -1.53. The van der Waals surface area contributed by atoms with Gasteiger partial charge in [0.1, 0.15) is 5.82 Å². The smallest absolute Gasteiger partial charge is 0.278 e. The molecule has 0 amide bonds. The van der Waals surface area contributed by atoms with E-state index < -0.39 is 10.0 Å². The van der Waals surface area contributed by atoms with Gasteiger partial charge in [-0.2, -0.15) is 8.42 Å². The maximum atomic E-state index is 12.1. The van der Waals surface area contributed by atoms with Crippen molar-refractivity contribution >= 4 is 27.3 Å². The molecule has 0 aliphatic carbocycles. The van der Waals surface area contributed by atoms with Crippen molar-refractivity contribution in [3.63, 3.8) is 0 Å². The summed E-state index contributed by atoms with van der Waals surface area (Å²) in [5.41, 5.74) is 1.58. The molecule has 0 saturated carbocycles. The first-order chi connectivity index (χ1) is 9.55. The lowest BCUT2D eigenvalue weighted by Crippen LogP contribution is -2.13. The second-order valence-corrected chi connectivity index (χ2v) is 6.32. The summed E-state index contributed by atoms with van der Waals surface area (Å²) in [7, 11) is -3.62. The van der Waals surface area contributed by atoms with Gasteiger partial charge in [-0.3, -0.25) is 4.72 Å². The number of sulfonamides is 1. The van der Waals surface area contributed by atoms with E-state index in [1.165, 1.54) is 6.20 Å². The normalized spacial score (nSPS) is 11.5. The predicted molar refractivity (Wildman–Crippen MR) is 79.6 cm³/mol. The first-order valence-corrected chi connectivity index (χ1v) is 8.28. The van der Waals surface area contributed by atoms with Crippen LogP contribution in [0.15, 0.2) is 35.5 Å². The lowest BCUT2D eigenvalue weighted by molar-refractivity contribution is 0.598. The molecule has 0 bridgehead atoms. The van der Waals surface area contributed by atoms with E-state index in [-0.39, 0.29) is 5.03 Å². The number of alkyl halides is 1. The van der Waals surface area contributed by atoms with E-state index >= 15 is 0 Å². The quantitative estimate of drug-likeness (QED) is 0.805. The van der Waals surface area contributed by atoms with Crippen molar-refractivity contribution in [2.75, 3.05) is 10.6 Å². The van der Waals surface area contributed by atoms with E-state index in [1.54, 1.807) is 12.1 Å². The van der Waals surface area contributed by atoms with E-state index in [1.807, 2.05) is 19.1 Å². The molecule has 0 fully saturated rings. The van der Waals surface area contributed by atoms with Gasteiger partial charge in [0.05, 0.1) is 6.20 Å². The fourth-order valence-corrected chi connectivity index (χ4v) is 2.94. The van der Waals surface area contributed by atoms with Gasteiger partial charge in [0, 0.05) is 18.0 Å². The zero-order valence-electron chi connectivity index (χ0n) is 11.1. The van der Waals surface area contributed by atoms with Gasteiger partial charge in [0.15, 0.2) is 5.03 Å². The number of aryl methyl sites for hydroxylation is 2. The van der Waals surface area contributed by atoms with Crippen molar-refractivity contribution in [3.05, 3.63) is 41.9 Å². The Morgan fingerprint density at radius 2 is 2.00 bits per heavy atom. The van der Waals surface area contributed by atoms with Gasteiger partial charge in [-0.25, -0.2) is 4.98 Å². The summed E-state index contributed by atoms with van der Waals surface area (Å²) in [6.45, 7) is 1.90. The minimum absolute atomic E-state index is 0.0687. The second kappa shape index (κ2) is 6.28. The monoisotopic (exact) mass is 313 g/mol. The number of hydrogen-bond acceptors (Lipinski definition) is 3. The zero-order valence-corrected chi connectivity index (χ0v) is 12.6. The summed E-state index contributed by atoms with van der Waals surface area (Å²) in [5.74, 6) is 1.18. The average Bonchev–Trinajstić information content (AvgIpc) is 2.91. The van der Waals surface area contributed by atoms with Gasteiger partial charge in [-0.05, 0) is 24.1 Å². The molecular formula is C13H16ClN3O2S. The molecule has 2 rings (SSSR count). The lowest BCUT2D eigenvalue weighted by Gasteiger charge is -2.07. The average molecular weight is 314 g/mol. The Morgan fingerprint density at radius 1 is 1.30 bits per heavy atom. The van der Waals surface area contributed by atoms with Crippen LogP contribution < -0.4 is 4.72 Å². The first-order valence-electron chi connectivity index (χ1n) is 6.26. The number of halogens is 1. The number of anilines is 1. The van der Waals surface area contributed by atoms with Crippen molar-refractivity contribution in [1.29, 1.82) is 0 Å². The molecule has 0 aliphatic rings. The molecule has 108 valence electrons. The molecule has 1 heterocycles. The molecule has 1 aromatic heterocycles. The highest BCUT2D eigenvalue weighted by Gasteiger charge is 2.16. The van der Waals surface area contributed by atoms with Crippen LogP contribution in [0.1, 0.15) is 18.3 Å². The van der Waals surface area contributed by atoms with Crippen molar-refractivity contribution < 1.29 is 8.42 Å². The van der Waals surface area contributed by atoms with Gasteiger partial charge < -0.3 is 4.98 Å². The van der Waals surface area contributed by atoms with Crippen LogP contribution >= 0.6 is 11.6 Å². The van der Waals surface area contributed by atoms with Crippen LogP contribution in [0.4, 0.5) is 5.69 Å². The maximum absolute atomic E-state index is 12.1. The predicted octanol–water partition coefficient (Wildman–Crippen LogP) is 2.55. The third-order valence-corrected chi connectivity index (χ3v) is 4.30. The number of aromatic nitrogens is 2. The van der Waals surface area contributed by atoms with Gasteiger partial charge in [0.2, 0.25) is 0 Å². The molecule has 1 aromatic carbocycles. The number of nitrogens with one attached hydrogen (secondary N) is 2. The van der Waals surface area contributed by atoms with E-state index in [9.17, 15) is 8.42 Å². The summed E-state index contributed by atoms with van der Waals surface area (Å²) in [4.78, 5) is 6.77. The Balaban J connectivity index is 2.15. The molecule has 7 heteroatoms. The SMILES string of the molecule is CCc1ncc(S(=O)(=O)Nc2ccc(CCCl)cc2)[nH]1. The largest absolute Gasteiger partial charge is 0.332 e. The summed E-state index contributed by atoms with van der Waals surface area (Å²) in [6, 6.07) is 7.14. The van der Waals surface area contributed by atoms with Gasteiger partial charge in [-0.1, -0.05) is 19.1 Å². The van der Waals surface area contributed by atoms with Crippen LogP contribution in [-0.4, -0.2) is 24.3 Å². The number of rotatable bonds is 6. The molecule has 5 nitrogen and oxygen atoms in total. The Morgan fingerprint density at radius 3 is 2.55 bits per heavy atom. The number of aromatic amines is 1. The molecular weight excluding hydrogens is 298 g/mol. The fraction of sp³-hybridized carbons (Fsp3) is 0.308. The van der Waals surface area contributed by atoms with Gasteiger partial charge in [0.25, 0.3) is 10.0 Å². The van der Waals surface area contributed by atoms with Crippen molar-refractivity contribution in [1.82, 2.24) is 9.97 Å². The van der Waals surface area contributed by atoms with E-state index in [2.05, 4.69) is 14.7 Å². The van der Waals surface area contributed by atoms with Crippen LogP contribution in [0.5, 0.6) is 0 Å². The first kappa shape index (κ1) is 14.9. The number of H-pyrrole nitrogens is 1. The molecule has 0 spiro atoms. The van der Waals surface area contributed by atoms with Crippen LogP contribution in [0.3, 0.4) is 0 Å². The van der Waals surface area contributed by atoms with E-state index in [0.29, 0.717) is 23.8 Å². The summed E-state index contributed by atoms with van der Waals surface area (Å²) >= 11 is 5.66. The van der Waals surface area contributed by atoms with Crippen LogP contribution in [0.2, 0.25) is 0 Å². The molecule has 0 aliphatic heterocycles. The molecule has 0 atom stereocenters. The number of nitrogens with zero attached hydrogens (tertiary/aromatic N) is 1. The van der Waals surface area contributed by atoms with Gasteiger partial charge >= 0.3 is 0 Å². The fourth-order valence-electron chi connectivity index (χ4n) is 1.72. The molecule has 2 aromatic rings. The Bertz CT molecular complexity index is 665. The topological polar surface area (TPSA) is 74.8 Å². The Labute approximate surface area is 123 Å².